The van der Waals surface area contributed by atoms with Gasteiger partial charge in [0.05, 0.1) is 19.5 Å². The monoisotopic (exact) mass is 380 g/mol. The third kappa shape index (κ3) is 6.72. The van der Waals surface area contributed by atoms with E-state index in [0.717, 1.165) is 24.4 Å². The Morgan fingerprint density at radius 3 is 2.50 bits per heavy atom. The lowest BCUT2D eigenvalue weighted by Gasteiger charge is -2.20. The first-order valence-corrected chi connectivity index (χ1v) is 10.4. The number of benzene rings is 1. The summed E-state index contributed by atoms with van der Waals surface area (Å²) in [5.74, 6) is 1.46. The molecule has 1 aromatic rings. The average Bonchev–Trinajstić information content (AvgIpc) is 2.93. The predicted molar refractivity (Wildman–Crippen MR) is 107 cm³/mol. The van der Waals surface area contributed by atoms with Gasteiger partial charge in [0.2, 0.25) is 5.91 Å². The molecule has 6 heteroatoms. The Bertz CT molecular complexity index is 560. The second kappa shape index (κ2) is 11.3. The molecule has 0 bridgehead atoms. The highest BCUT2D eigenvalue weighted by molar-refractivity contribution is 8.00. The number of carbonyl (C=O) groups excluding carboxylic acids is 1. The normalized spacial score (nSPS) is 16.6. The number of carbonyl (C=O) groups is 1. The van der Waals surface area contributed by atoms with Crippen molar-refractivity contribution < 1.29 is 14.3 Å². The van der Waals surface area contributed by atoms with Crippen molar-refractivity contribution in [1.82, 2.24) is 10.2 Å². The third-order valence-corrected chi connectivity index (χ3v) is 5.78. The van der Waals surface area contributed by atoms with Crippen molar-refractivity contribution in [1.29, 1.82) is 0 Å². The molecule has 2 rings (SSSR count). The van der Waals surface area contributed by atoms with Crippen LogP contribution in [-0.4, -0.2) is 56.5 Å². The maximum absolute atomic E-state index is 12.3. The first-order chi connectivity index (χ1) is 12.6. The quantitative estimate of drug-likeness (QED) is 0.524. The predicted octanol–water partition coefficient (Wildman–Crippen LogP) is 3.57. The Labute approximate surface area is 161 Å². The van der Waals surface area contributed by atoms with Crippen molar-refractivity contribution in [2.75, 3.05) is 40.4 Å². The van der Waals surface area contributed by atoms with E-state index >= 15 is 0 Å². The molecule has 0 radical (unpaired) electrons. The number of rotatable bonds is 9. The lowest BCUT2D eigenvalue weighted by molar-refractivity contribution is -0.120. The summed E-state index contributed by atoms with van der Waals surface area (Å²) in [6, 6.07) is 5.73. The minimum Gasteiger partial charge on any atom is -0.493 e. The fourth-order valence-corrected chi connectivity index (χ4v) is 4.09. The lowest BCUT2D eigenvalue weighted by atomic mass is 10.2. The molecule has 1 amide bonds. The Kier molecular flexibility index (Phi) is 9.12. The number of methoxy groups -OCH3 is 2. The summed E-state index contributed by atoms with van der Waals surface area (Å²) in [6.45, 7) is 6.17. The minimum atomic E-state index is -0.147. The average molecular weight is 381 g/mol. The van der Waals surface area contributed by atoms with Crippen LogP contribution in [0, 0.1) is 0 Å². The molecule has 1 atom stereocenters. The maximum Gasteiger partial charge on any atom is 0.233 e. The van der Waals surface area contributed by atoms with Crippen LogP contribution < -0.4 is 14.8 Å². The molecule has 1 saturated heterocycles. The molecule has 1 heterocycles. The van der Waals surface area contributed by atoms with Crippen molar-refractivity contribution in [3.8, 4) is 11.5 Å². The summed E-state index contributed by atoms with van der Waals surface area (Å²) in [6.07, 6.45) is 6.35. The van der Waals surface area contributed by atoms with E-state index in [0.29, 0.717) is 11.5 Å². The van der Waals surface area contributed by atoms with E-state index < -0.39 is 0 Å². The first-order valence-electron chi connectivity index (χ1n) is 9.52. The second-order valence-electron chi connectivity index (χ2n) is 6.68. The molecule has 1 unspecified atom stereocenters. The van der Waals surface area contributed by atoms with Crippen LogP contribution >= 0.6 is 11.8 Å². The van der Waals surface area contributed by atoms with Crippen LogP contribution in [0.3, 0.4) is 0 Å². The maximum atomic E-state index is 12.3. The van der Waals surface area contributed by atoms with Crippen LogP contribution in [0.15, 0.2) is 23.1 Å². The highest BCUT2D eigenvalue weighted by Gasteiger charge is 2.15. The smallest absolute Gasteiger partial charge is 0.233 e. The molecule has 1 aliphatic rings. The van der Waals surface area contributed by atoms with E-state index in [2.05, 4.69) is 10.2 Å². The number of ether oxygens (including phenoxy) is 2. The summed E-state index contributed by atoms with van der Waals surface area (Å²) < 4.78 is 10.6. The number of amides is 1. The number of nitrogens with zero attached hydrogens (tertiary/aromatic N) is 1. The molecule has 0 saturated carbocycles. The summed E-state index contributed by atoms with van der Waals surface area (Å²) in [4.78, 5) is 15.9. The summed E-state index contributed by atoms with van der Waals surface area (Å²) in [5, 5.41) is 2.92. The molecular weight excluding hydrogens is 348 g/mol. The fourth-order valence-electron chi connectivity index (χ4n) is 3.17. The van der Waals surface area contributed by atoms with Gasteiger partial charge in [-0.2, -0.15) is 0 Å². The molecular formula is C20H32N2O3S. The first kappa shape index (κ1) is 20.9. The molecule has 0 aliphatic carbocycles. The Morgan fingerprint density at radius 2 is 1.85 bits per heavy atom. The van der Waals surface area contributed by atoms with Crippen LogP contribution in [0.2, 0.25) is 0 Å². The number of hydrogen-bond acceptors (Lipinski definition) is 5. The number of likely N-dealkylation sites (tertiary alicyclic amines) is 1. The van der Waals surface area contributed by atoms with E-state index in [4.69, 9.17) is 9.47 Å². The molecule has 0 aromatic heterocycles. The highest BCUT2D eigenvalue weighted by atomic mass is 32.2. The minimum absolute atomic E-state index is 0.0839. The third-order valence-electron chi connectivity index (χ3n) is 4.69. The lowest BCUT2D eigenvalue weighted by Crippen LogP contribution is -2.34. The molecule has 0 spiro atoms. The van der Waals surface area contributed by atoms with E-state index in [1.807, 2.05) is 25.1 Å². The molecule has 146 valence electrons. The van der Waals surface area contributed by atoms with E-state index in [9.17, 15) is 4.79 Å². The van der Waals surface area contributed by atoms with Crippen LogP contribution in [-0.2, 0) is 4.79 Å². The van der Waals surface area contributed by atoms with Gasteiger partial charge in [0.25, 0.3) is 0 Å². The molecule has 1 N–H and O–H groups in total. The van der Waals surface area contributed by atoms with Gasteiger partial charge in [0, 0.05) is 11.4 Å². The second-order valence-corrected chi connectivity index (χ2v) is 8.09. The molecule has 1 aliphatic heterocycles. The van der Waals surface area contributed by atoms with E-state index in [-0.39, 0.29) is 11.2 Å². The van der Waals surface area contributed by atoms with Crippen LogP contribution in [0.4, 0.5) is 0 Å². The van der Waals surface area contributed by atoms with Crippen molar-refractivity contribution in [3.05, 3.63) is 18.2 Å². The van der Waals surface area contributed by atoms with Gasteiger partial charge in [-0.3, -0.25) is 4.79 Å². The summed E-state index contributed by atoms with van der Waals surface area (Å²) in [7, 11) is 3.24. The summed E-state index contributed by atoms with van der Waals surface area (Å²) >= 11 is 1.53. The zero-order valence-electron chi connectivity index (χ0n) is 16.3. The van der Waals surface area contributed by atoms with Gasteiger partial charge in [-0.25, -0.2) is 0 Å². The summed E-state index contributed by atoms with van der Waals surface area (Å²) in [5.41, 5.74) is 0. The van der Waals surface area contributed by atoms with Crippen LogP contribution in [0.1, 0.15) is 39.0 Å². The van der Waals surface area contributed by atoms with Crippen molar-refractivity contribution in [2.24, 2.45) is 0 Å². The van der Waals surface area contributed by atoms with E-state index in [1.165, 1.54) is 50.5 Å². The fraction of sp³-hybridized carbons (Fsp3) is 0.650. The zero-order valence-corrected chi connectivity index (χ0v) is 17.1. The van der Waals surface area contributed by atoms with E-state index in [1.54, 1.807) is 14.2 Å². The van der Waals surface area contributed by atoms with Crippen molar-refractivity contribution in [2.45, 2.75) is 49.2 Å². The van der Waals surface area contributed by atoms with Crippen LogP contribution in [0.25, 0.3) is 0 Å². The Morgan fingerprint density at radius 1 is 1.15 bits per heavy atom. The van der Waals surface area contributed by atoms with Crippen molar-refractivity contribution >= 4 is 17.7 Å². The Balaban J connectivity index is 1.71. The number of thioether (sulfide) groups is 1. The van der Waals surface area contributed by atoms with Gasteiger partial charge in [-0.05, 0) is 64.0 Å². The Hall–Kier alpha value is -1.40. The van der Waals surface area contributed by atoms with Gasteiger partial charge in [-0.15, -0.1) is 11.8 Å². The van der Waals surface area contributed by atoms with Gasteiger partial charge < -0.3 is 19.7 Å². The highest BCUT2D eigenvalue weighted by Crippen LogP contribution is 2.33. The van der Waals surface area contributed by atoms with Crippen molar-refractivity contribution in [3.63, 3.8) is 0 Å². The SMILES string of the molecule is COc1ccc(SC(C)C(=O)NCCCN2CCCCCC2)cc1OC. The van der Waals surface area contributed by atoms with Gasteiger partial charge >= 0.3 is 0 Å². The molecule has 5 nitrogen and oxygen atoms in total. The zero-order chi connectivity index (χ0) is 18.8. The largest absolute Gasteiger partial charge is 0.493 e. The number of hydrogen-bond donors (Lipinski definition) is 1. The molecule has 1 fully saturated rings. The van der Waals surface area contributed by atoms with Gasteiger partial charge in [0.15, 0.2) is 11.5 Å². The standard InChI is InChI=1S/C20H32N2O3S/c1-16(26-17-9-10-18(24-2)19(15-17)25-3)20(23)21-11-8-14-22-12-6-4-5-7-13-22/h9-10,15-16H,4-8,11-14H2,1-3H3,(H,21,23). The number of nitrogens with one attached hydrogen (secondary N) is 1. The molecule has 26 heavy (non-hydrogen) atoms. The van der Waals surface area contributed by atoms with Crippen LogP contribution in [0.5, 0.6) is 11.5 Å². The topological polar surface area (TPSA) is 50.8 Å². The van der Waals surface area contributed by atoms with Gasteiger partial charge in [0.1, 0.15) is 0 Å². The molecule has 1 aromatic carbocycles. The van der Waals surface area contributed by atoms with Gasteiger partial charge in [-0.1, -0.05) is 12.8 Å².